The molecule has 1 N–H and O–H groups in total. The second-order valence-corrected chi connectivity index (χ2v) is 7.27. The Kier molecular flexibility index (Phi) is 4.40. The zero-order valence-corrected chi connectivity index (χ0v) is 16.0. The Bertz CT molecular complexity index is 1160. The van der Waals surface area contributed by atoms with Crippen molar-refractivity contribution < 1.29 is 14.2 Å². The molecule has 0 aliphatic heterocycles. The molecular formula is C23H21FN2O2. The largest absolute Gasteiger partial charge is 0.496 e. The lowest BCUT2D eigenvalue weighted by atomic mass is 9.98. The maximum absolute atomic E-state index is 13.8. The molecule has 4 nitrogen and oxygen atoms in total. The fourth-order valence-electron chi connectivity index (χ4n) is 3.33. The van der Waals surface area contributed by atoms with Gasteiger partial charge in [0.2, 0.25) is 0 Å². The summed E-state index contributed by atoms with van der Waals surface area (Å²) in [5, 5.41) is 10.2. The molecule has 4 rings (SSSR count). The van der Waals surface area contributed by atoms with Gasteiger partial charge in [0.15, 0.2) is 0 Å². The van der Waals surface area contributed by atoms with E-state index in [-0.39, 0.29) is 5.82 Å². The number of methoxy groups -OCH3 is 1. The number of nitrogens with zero attached hydrogens (tertiary/aromatic N) is 2. The van der Waals surface area contributed by atoms with E-state index in [1.54, 1.807) is 33.4 Å². The minimum atomic E-state index is -0.925. The molecule has 3 aromatic carbocycles. The van der Waals surface area contributed by atoms with Crippen LogP contribution in [0.4, 0.5) is 4.39 Å². The lowest BCUT2D eigenvalue weighted by molar-refractivity contribution is 0.0787. The third kappa shape index (κ3) is 3.25. The van der Waals surface area contributed by atoms with Gasteiger partial charge in [-0.2, -0.15) is 0 Å². The van der Waals surface area contributed by atoms with Crippen LogP contribution in [0.2, 0.25) is 0 Å². The second-order valence-electron chi connectivity index (χ2n) is 7.27. The zero-order valence-electron chi connectivity index (χ0n) is 16.0. The molecule has 0 aliphatic rings. The molecule has 0 bridgehead atoms. The molecule has 0 amide bonds. The van der Waals surface area contributed by atoms with Gasteiger partial charge in [0, 0.05) is 11.3 Å². The average Bonchev–Trinajstić information content (AvgIpc) is 3.10. The topological polar surface area (TPSA) is 47.3 Å². The molecule has 0 atom stereocenters. The lowest BCUT2D eigenvalue weighted by Gasteiger charge is -2.17. The van der Waals surface area contributed by atoms with Gasteiger partial charge >= 0.3 is 0 Å². The summed E-state index contributed by atoms with van der Waals surface area (Å²) >= 11 is 0. The first-order valence-corrected chi connectivity index (χ1v) is 9.01. The smallest absolute Gasteiger partial charge is 0.126 e. The number of hydrogen-bond donors (Lipinski definition) is 1. The van der Waals surface area contributed by atoms with Crippen LogP contribution in [0.25, 0.3) is 27.8 Å². The second kappa shape index (κ2) is 6.77. The van der Waals surface area contributed by atoms with Crippen molar-refractivity contribution in [2.24, 2.45) is 0 Å². The number of benzene rings is 3. The SMILES string of the molecule is COc1ccc(F)cc1-c1cccc(-n2cnc3cc(C(C)(C)O)ccc32)c1. The molecule has 0 saturated heterocycles. The van der Waals surface area contributed by atoms with Crippen molar-refractivity contribution in [3.8, 4) is 22.6 Å². The van der Waals surface area contributed by atoms with E-state index in [4.69, 9.17) is 4.74 Å². The fourth-order valence-corrected chi connectivity index (χ4v) is 3.33. The molecule has 1 aromatic heterocycles. The summed E-state index contributed by atoms with van der Waals surface area (Å²) < 4.78 is 21.2. The number of aromatic nitrogens is 2. The van der Waals surface area contributed by atoms with Crippen molar-refractivity contribution in [1.82, 2.24) is 9.55 Å². The number of halogens is 1. The summed E-state index contributed by atoms with van der Waals surface area (Å²) in [7, 11) is 1.57. The Balaban J connectivity index is 1.82. The third-order valence-corrected chi connectivity index (χ3v) is 4.85. The number of rotatable bonds is 4. The van der Waals surface area contributed by atoms with E-state index in [9.17, 15) is 9.50 Å². The van der Waals surface area contributed by atoms with E-state index in [1.165, 1.54) is 12.1 Å². The van der Waals surface area contributed by atoms with Crippen LogP contribution < -0.4 is 4.74 Å². The summed E-state index contributed by atoms with van der Waals surface area (Å²) in [4.78, 5) is 4.49. The summed E-state index contributed by atoms with van der Waals surface area (Å²) in [6.07, 6.45) is 1.75. The first kappa shape index (κ1) is 18.2. The van der Waals surface area contributed by atoms with Gasteiger partial charge in [-0.15, -0.1) is 0 Å². The van der Waals surface area contributed by atoms with Crippen LogP contribution in [-0.2, 0) is 5.60 Å². The molecular weight excluding hydrogens is 355 g/mol. The standard InChI is InChI=1S/C23H21FN2O2/c1-23(2,27)16-7-9-21-20(12-16)25-14-26(21)18-6-4-5-15(11-18)19-13-17(24)8-10-22(19)28-3/h4-14,27H,1-3H3. The quantitative estimate of drug-likeness (QED) is 0.541. The molecule has 0 fully saturated rings. The number of aliphatic hydroxyl groups is 1. The van der Waals surface area contributed by atoms with E-state index >= 15 is 0 Å². The van der Waals surface area contributed by atoms with Gasteiger partial charge in [-0.1, -0.05) is 18.2 Å². The van der Waals surface area contributed by atoms with Crippen LogP contribution in [0.5, 0.6) is 5.75 Å². The molecule has 0 unspecified atom stereocenters. The number of fused-ring (bicyclic) bond motifs is 1. The lowest BCUT2D eigenvalue weighted by Crippen LogP contribution is -2.15. The van der Waals surface area contributed by atoms with E-state index in [2.05, 4.69) is 4.98 Å². The van der Waals surface area contributed by atoms with Gasteiger partial charge in [0.05, 0.1) is 23.7 Å². The molecule has 5 heteroatoms. The Hall–Kier alpha value is -3.18. The van der Waals surface area contributed by atoms with Crippen molar-refractivity contribution in [2.45, 2.75) is 19.4 Å². The van der Waals surface area contributed by atoms with E-state index in [0.717, 1.165) is 27.8 Å². The summed E-state index contributed by atoms with van der Waals surface area (Å²) in [6, 6.07) is 18.0. The Morgan fingerprint density at radius 1 is 1.04 bits per heavy atom. The highest BCUT2D eigenvalue weighted by Gasteiger charge is 2.17. The van der Waals surface area contributed by atoms with Crippen molar-refractivity contribution in [3.05, 3.63) is 78.4 Å². The molecule has 28 heavy (non-hydrogen) atoms. The van der Waals surface area contributed by atoms with Gasteiger partial charge in [0.25, 0.3) is 0 Å². The van der Waals surface area contributed by atoms with Crippen molar-refractivity contribution >= 4 is 11.0 Å². The minimum absolute atomic E-state index is 0.312. The molecule has 0 spiro atoms. The minimum Gasteiger partial charge on any atom is -0.496 e. The fraction of sp³-hybridized carbons (Fsp3) is 0.174. The van der Waals surface area contributed by atoms with Crippen LogP contribution in [-0.4, -0.2) is 21.8 Å². The third-order valence-electron chi connectivity index (χ3n) is 4.85. The van der Waals surface area contributed by atoms with Gasteiger partial charge in [-0.05, 0) is 67.4 Å². The predicted molar refractivity (Wildman–Crippen MR) is 108 cm³/mol. The first-order chi connectivity index (χ1) is 13.4. The van der Waals surface area contributed by atoms with E-state index in [1.807, 2.05) is 47.0 Å². The van der Waals surface area contributed by atoms with Gasteiger partial charge in [-0.25, -0.2) is 9.37 Å². The molecule has 142 valence electrons. The summed E-state index contributed by atoms with van der Waals surface area (Å²) in [5.74, 6) is 0.303. The summed E-state index contributed by atoms with van der Waals surface area (Å²) in [6.45, 7) is 3.50. The molecule has 1 heterocycles. The molecule has 0 radical (unpaired) electrons. The van der Waals surface area contributed by atoms with Crippen LogP contribution in [0, 0.1) is 5.82 Å². The number of hydrogen-bond acceptors (Lipinski definition) is 3. The normalized spacial score (nSPS) is 11.8. The van der Waals surface area contributed by atoms with Crippen molar-refractivity contribution in [3.63, 3.8) is 0 Å². The highest BCUT2D eigenvalue weighted by molar-refractivity contribution is 5.79. The van der Waals surface area contributed by atoms with E-state index in [0.29, 0.717) is 11.3 Å². The van der Waals surface area contributed by atoms with Gasteiger partial charge in [0.1, 0.15) is 17.9 Å². The number of ether oxygens (including phenoxy) is 1. The van der Waals surface area contributed by atoms with E-state index < -0.39 is 5.60 Å². The molecule has 4 aromatic rings. The van der Waals surface area contributed by atoms with Crippen LogP contribution >= 0.6 is 0 Å². The first-order valence-electron chi connectivity index (χ1n) is 9.01. The monoisotopic (exact) mass is 376 g/mol. The highest BCUT2D eigenvalue weighted by atomic mass is 19.1. The molecule has 0 saturated carbocycles. The Labute approximate surface area is 162 Å². The maximum Gasteiger partial charge on any atom is 0.126 e. The Morgan fingerprint density at radius 2 is 1.86 bits per heavy atom. The zero-order chi connectivity index (χ0) is 19.9. The maximum atomic E-state index is 13.8. The highest BCUT2D eigenvalue weighted by Crippen LogP contribution is 2.32. The van der Waals surface area contributed by atoms with Crippen LogP contribution in [0.3, 0.4) is 0 Å². The van der Waals surface area contributed by atoms with Crippen molar-refractivity contribution in [1.29, 1.82) is 0 Å². The van der Waals surface area contributed by atoms with Gasteiger partial charge in [-0.3, -0.25) is 4.57 Å². The van der Waals surface area contributed by atoms with Crippen molar-refractivity contribution in [2.75, 3.05) is 7.11 Å². The predicted octanol–water partition coefficient (Wildman–Crippen LogP) is 5.07. The molecule has 0 aliphatic carbocycles. The number of imidazole rings is 1. The van der Waals surface area contributed by atoms with Gasteiger partial charge < -0.3 is 9.84 Å². The van der Waals surface area contributed by atoms with Crippen LogP contribution in [0.1, 0.15) is 19.4 Å². The summed E-state index contributed by atoms with van der Waals surface area (Å²) in [5.41, 5.74) is 4.06. The van der Waals surface area contributed by atoms with Crippen LogP contribution in [0.15, 0.2) is 67.0 Å². The average molecular weight is 376 g/mol. The Morgan fingerprint density at radius 3 is 2.61 bits per heavy atom.